The van der Waals surface area contributed by atoms with Crippen LogP contribution in [0.15, 0.2) is 36.4 Å². The summed E-state index contributed by atoms with van der Waals surface area (Å²) in [5.74, 6) is 0.635. The van der Waals surface area contributed by atoms with Gasteiger partial charge in [0.25, 0.3) is 0 Å². The molecule has 0 aliphatic rings. The van der Waals surface area contributed by atoms with E-state index in [1.165, 1.54) is 6.07 Å². The van der Waals surface area contributed by atoms with Crippen LogP contribution in [-0.2, 0) is 0 Å². The number of rotatable bonds is 2. The summed E-state index contributed by atoms with van der Waals surface area (Å²) >= 11 is 17.4. The first-order valence-electron chi connectivity index (χ1n) is 4.67. The van der Waals surface area contributed by atoms with Crippen LogP contribution < -0.4 is 4.74 Å². The summed E-state index contributed by atoms with van der Waals surface area (Å²) in [5, 5.41) is 10.9. The van der Waals surface area contributed by atoms with Crippen LogP contribution in [0.4, 0.5) is 0 Å². The minimum atomic E-state index is -0.0523. The van der Waals surface area contributed by atoms with E-state index in [1.807, 2.05) is 0 Å². The summed E-state index contributed by atoms with van der Waals surface area (Å²) in [4.78, 5) is 0. The van der Waals surface area contributed by atoms with Crippen molar-refractivity contribution < 1.29 is 12.7 Å². The first-order chi connectivity index (χ1) is 8.06. The van der Waals surface area contributed by atoms with Gasteiger partial charge in [0.15, 0.2) is 11.5 Å². The quantitative estimate of drug-likeness (QED) is 0.791. The Bertz CT molecular complexity index is 521. The summed E-state index contributed by atoms with van der Waals surface area (Å²) < 4.78 is 5.45. The van der Waals surface area contributed by atoms with Crippen LogP contribution in [-0.4, -0.2) is 28.2 Å². The van der Waals surface area contributed by atoms with E-state index in [2.05, 4.69) is 0 Å². The molecule has 0 aliphatic heterocycles. The van der Waals surface area contributed by atoms with E-state index < -0.39 is 0 Å². The maximum Gasteiger partial charge on any atom is 2.00 e. The molecular formula is C12H9Cl3MgO2. The number of benzene rings is 2. The van der Waals surface area contributed by atoms with Gasteiger partial charge in [-0.05, 0) is 30.3 Å². The van der Waals surface area contributed by atoms with Gasteiger partial charge in [-0.3, -0.25) is 0 Å². The largest absolute Gasteiger partial charge is 2.00 e. The van der Waals surface area contributed by atoms with E-state index in [1.54, 1.807) is 30.3 Å². The SMILES string of the molecule is Oc1cc(Cl)ccc1Oc1ccc(Cl)cc1Cl.[H-].[H-].[Mg+2]. The molecule has 2 nitrogen and oxygen atoms in total. The second kappa shape index (κ2) is 6.73. The molecule has 0 spiro atoms. The van der Waals surface area contributed by atoms with Crippen LogP contribution >= 0.6 is 34.8 Å². The third kappa shape index (κ3) is 3.83. The molecule has 0 saturated carbocycles. The van der Waals surface area contributed by atoms with E-state index in [9.17, 15) is 5.11 Å². The van der Waals surface area contributed by atoms with Crippen LogP contribution in [0.1, 0.15) is 2.85 Å². The molecule has 0 radical (unpaired) electrons. The molecule has 0 unspecified atom stereocenters. The molecule has 18 heavy (non-hydrogen) atoms. The zero-order valence-corrected chi connectivity index (χ0v) is 12.8. The second-order valence-electron chi connectivity index (χ2n) is 3.29. The Labute approximate surface area is 139 Å². The van der Waals surface area contributed by atoms with Crippen molar-refractivity contribution in [2.75, 3.05) is 0 Å². The first-order valence-corrected chi connectivity index (χ1v) is 5.81. The van der Waals surface area contributed by atoms with Gasteiger partial charge in [0.05, 0.1) is 5.02 Å². The number of aromatic hydroxyl groups is 1. The van der Waals surface area contributed by atoms with Gasteiger partial charge in [0, 0.05) is 16.1 Å². The average Bonchev–Trinajstić information content (AvgIpc) is 2.25. The Morgan fingerprint density at radius 3 is 2.00 bits per heavy atom. The predicted molar refractivity (Wildman–Crippen MR) is 77.6 cm³/mol. The number of phenolic OH excluding ortho intramolecular Hbond substituents is 1. The van der Waals surface area contributed by atoms with Crippen molar-refractivity contribution >= 4 is 57.9 Å². The van der Waals surface area contributed by atoms with Crippen LogP contribution in [0.3, 0.4) is 0 Å². The van der Waals surface area contributed by atoms with Crippen molar-refractivity contribution in [2.24, 2.45) is 0 Å². The van der Waals surface area contributed by atoms with Gasteiger partial charge >= 0.3 is 23.1 Å². The van der Waals surface area contributed by atoms with Gasteiger partial charge in [-0.1, -0.05) is 34.8 Å². The van der Waals surface area contributed by atoms with Gasteiger partial charge < -0.3 is 12.7 Å². The summed E-state index contributed by atoms with van der Waals surface area (Å²) in [7, 11) is 0. The molecule has 0 atom stereocenters. The number of phenols is 1. The van der Waals surface area contributed by atoms with Crippen molar-refractivity contribution in [3.63, 3.8) is 0 Å². The number of hydrogen-bond donors (Lipinski definition) is 1. The fourth-order valence-corrected chi connectivity index (χ4v) is 1.87. The van der Waals surface area contributed by atoms with E-state index in [0.29, 0.717) is 20.8 Å². The molecule has 2 rings (SSSR count). The Kier molecular flexibility index (Phi) is 5.88. The Morgan fingerprint density at radius 1 is 0.889 bits per heavy atom. The van der Waals surface area contributed by atoms with Crippen molar-refractivity contribution in [3.05, 3.63) is 51.5 Å². The van der Waals surface area contributed by atoms with E-state index in [-0.39, 0.29) is 37.4 Å². The van der Waals surface area contributed by atoms with E-state index in [0.717, 1.165) is 0 Å². The Balaban J connectivity index is 0. The zero-order chi connectivity index (χ0) is 12.4. The summed E-state index contributed by atoms with van der Waals surface area (Å²) in [6.45, 7) is 0. The standard InChI is InChI=1S/C12H7Cl3O2.Mg.2H/c13-7-1-3-11(9(15)5-7)17-12-4-2-8(14)6-10(12)16;;;/h1-6,16H;;;/q;+2;2*-1. The van der Waals surface area contributed by atoms with Crippen LogP contribution in [0.2, 0.25) is 15.1 Å². The minimum absolute atomic E-state index is 0. The van der Waals surface area contributed by atoms with E-state index >= 15 is 0 Å². The molecule has 0 saturated heterocycles. The normalized spacial score (nSPS) is 9.72. The fraction of sp³-hybridized carbons (Fsp3) is 0. The maximum atomic E-state index is 9.62. The molecule has 1 N–H and O–H groups in total. The monoisotopic (exact) mass is 314 g/mol. The molecule has 0 aliphatic carbocycles. The fourth-order valence-electron chi connectivity index (χ4n) is 1.25. The smallest absolute Gasteiger partial charge is 1.00 e. The predicted octanol–water partition coefficient (Wildman–Crippen LogP) is 4.99. The Morgan fingerprint density at radius 2 is 1.44 bits per heavy atom. The summed E-state index contributed by atoms with van der Waals surface area (Å²) in [6, 6.07) is 9.39. The van der Waals surface area contributed by atoms with Crippen LogP contribution in [0, 0.1) is 0 Å². The first kappa shape index (κ1) is 15.7. The molecule has 0 fully saturated rings. The maximum absolute atomic E-state index is 9.62. The van der Waals surface area contributed by atoms with Crippen molar-refractivity contribution in [3.8, 4) is 17.2 Å². The third-order valence-corrected chi connectivity index (χ3v) is 2.80. The molecule has 0 amide bonds. The van der Waals surface area contributed by atoms with Crippen molar-refractivity contribution in [1.82, 2.24) is 0 Å². The number of ether oxygens (including phenoxy) is 1. The molecule has 2 aromatic rings. The molecular weight excluding hydrogens is 307 g/mol. The van der Waals surface area contributed by atoms with Gasteiger partial charge in [0.2, 0.25) is 0 Å². The summed E-state index contributed by atoms with van der Waals surface area (Å²) in [6.07, 6.45) is 0. The molecule has 0 heterocycles. The summed E-state index contributed by atoms with van der Waals surface area (Å²) in [5.41, 5.74) is 0. The van der Waals surface area contributed by atoms with Crippen LogP contribution in [0.25, 0.3) is 0 Å². The van der Waals surface area contributed by atoms with Gasteiger partial charge in [-0.2, -0.15) is 0 Å². The topological polar surface area (TPSA) is 29.5 Å². The van der Waals surface area contributed by atoms with Gasteiger partial charge in [-0.25, -0.2) is 0 Å². The molecule has 6 heteroatoms. The Hall–Kier alpha value is -0.324. The van der Waals surface area contributed by atoms with Gasteiger partial charge in [0.1, 0.15) is 5.75 Å². The van der Waals surface area contributed by atoms with E-state index in [4.69, 9.17) is 39.5 Å². The average molecular weight is 316 g/mol. The molecule has 0 bridgehead atoms. The zero-order valence-electron chi connectivity index (χ0n) is 11.2. The van der Waals surface area contributed by atoms with Crippen molar-refractivity contribution in [2.45, 2.75) is 0 Å². The van der Waals surface area contributed by atoms with Crippen molar-refractivity contribution in [1.29, 1.82) is 0 Å². The molecule has 2 aromatic carbocycles. The minimum Gasteiger partial charge on any atom is -1.00 e. The molecule has 0 aromatic heterocycles. The number of hydrogen-bond acceptors (Lipinski definition) is 2. The molecule has 92 valence electrons. The second-order valence-corrected chi connectivity index (χ2v) is 4.57. The van der Waals surface area contributed by atoms with Crippen LogP contribution in [0.5, 0.6) is 17.2 Å². The van der Waals surface area contributed by atoms with Gasteiger partial charge in [-0.15, -0.1) is 0 Å². The number of halogens is 3. The third-order valence-electron chi connectivity index (χ3n) is 2.03.